The number of carbonyl (C=O) groups excluding carboxylic acids is 2. The van der Waals surface area contributed by atoms with Crippen LogP contribution >= 0.6 is 11.3 Å². The predicted molar refractivity (Wildman–Crippen MR) is 115 cm³/mol. The van der Waals surface area contributed by atoms with Gasteiger partial charge in [0, 0.05) is 37.9 Å². The maximum Gasteiger partial charge on any atom is 0.254 e. The molecule has 9 nitrogen and oxygen atoms in total. The van der Waals surface area contributed by atoms with Crippen LogP contribution < -0.4 is 11.1 Å². The van der Waals surface area contributed by atoms with Crippen molar-refractivity contribution in [2.45, 2.75) is 33.4 Å². The third-order valence-corrected chi connectivity index (χ3v) is 5.52. The molecule has 0 unspecified atom stereocenters. The number of nitrogens with one attached hydrogen (secondary N) is 1. The highest BCUT2D eigenvalue weighted by atomic mass is 32.1. The number of nitrogen functional groups attached to an aromatic ring is 1. The fourth-order valence-corrected chi connectivity index (χ4v) is 3.73. The van der Waals surface area contributed by atoms with E-state index in [2.05, 4.69) is 20.4 Å². The van der Waals surface area contributed by atoms with Gasteiger partial charge in [-0.1, -0.05) is 0 Å². The molecule has 0 saturated heterocycles. The number of aromatic nitrogens is 4. The summed E-state index contributed by atoms with van der Waals surface area (Å²) in [4.78, 5) is 34.6. The molecule has 0 bridgehead atoms. The summed E-state index contributed by atoms with van der Waals surface area (Å²) in [6.45, 7) is 4.61. The zero-order chi connectivity index (χ0) is 21.8. The minimum Gasteiger partial charge on any atom is -0.384 e. The van der Waals surface area contributed by atoms with E-state index < -0.39 is 0 Å². The van der Waals surface area contributed by atoms with Crippen LogP contribution in [0.1, 0.15) is 37.9 Å². The molecule has 3 aromatic rings. The van der Waals surface area contributed by atoms with E-state index in [4.69, 9.17) is 5.73 Å². The first-order valence-electron chi connectivity index (χ1n) is 9.39. The Bertz CT molecular complexity index is 1050. The molecule has 0 radical (unpaired) electrons. The number of pyridine rings is 1. The van der Waals surface area contributed by atoms with Gasteiger partial charge in [0.15, 0.2) is 0 Å². The summed E-state index contributed by atoms with van der Waals surface area (Å²) in [5, 5.41) is 9.81. The van der Waals surface area contributed by atoms with Crippen LogP contribution in [0.2, 0.25) is 0 Å². The van der Waals surface area contributed by atoms with E-state index in [1.54, 1.807) is 35.9 Å². The first-order chi connectivity index (χ1) is 14.2. The molecule has 0 aromatic carbocycles. The van der Waals surface area contributed by atoms with E-state index in [9.17, 15) is 9.59 Å². The number of anilines is 1. The molecule has 0 fully saturated rings. The zero-order valence-electron chi connectivity index (χ0n) is 17.5. The van der Waals surface area contributed by atoms with Gasteiger partial charge < -0.3 is 16.0 Å². The lowest BCUT2D eigenvalue weighted by Gasteiger charge is -2.11. The van der Waals surface area contributed by atoms with Crippen LogP contribution in [0.25, 0.3) is 0 Å². The van der Waals surface area contributed by atoms with Crippen LogP contribution in [0.5, 0.6) is 0 Å². The van der Waals surface area contributed by atoms with Crippen molar-refractivity contribution in [3.8, 4) is 0 Å². The molecule has 3 N–H and O–H groups in total. The third kappa shape index (κ3) is 5.20. The fourth-order valence-electron chi connectivity index (χ4n) is 2.95. The van der Waals surface area contributed by atoms with Crippen molar-refractivity contribution in [2.75, 3.05) is 19.8 Å². The quantitative estimate of drug-likeness (QED) is 0.590. The Hall–Kier alpha value is -3.27. The number of nitrogens with zero attached hydrogens (tertiary/aromatic N) is 5. The van der Waals surface area contributed by atoms with Gasteiger partial charge in [-0.3, -0.25) is 14.3 Å². The highest BCUT2D eigenvalue weighted by Crippen LogP contribution is 2.15. The maximum absolute atomic E-state index is 12.5. The second-order valence-electron chi connectivity index (χ2n) is 7.23. The molecule has 30 heavy (non-hydrogen) atoms. The van der Waals surface area contributed by atoms with Crippen molar-refractivity contribution in [1.82, 2.24) is 30.0 Å². The molecule has 0 aliphatic carbocycles. The van der Waals surface area contributed by atoms with Crippen molar-refractivity contribution in [3.05, 3.63) is 56.9 Å². The molecule has 0 aliphatic rings. The molecule has 0 atom stereocenters. The van der Waals surface area contributed by atoms with Gasteiger partial charge in [-0.25, -0.2) is 9.97 Å². The van der Waals surface area contributed by atoms with E-state index in [0.29, 0.717) is 24.5 Å². The lowest BCUT2D eigenvalue weighted by Crippen LogP contribution is -2.23. The number of hydrogen-bond acceptors (Lipinski definition) is 7. The van der Waals surface area contributed by atoms with Crippen molar-refractivity contribution >= 4 is 29.0 Å². The fraction of sp³-hybridized carbons (Fsp3) is 0.350. The average molecular weight is 428 g/mol. The van der Waals surface area contributed by atoms with Crippen molar-refractivity contribution in [3.63, 3.8) is 0 Å². The Kier molecular flexibility index (Phi) is 6.46. The van der Waals surface area contributed by atoms with Gasteiger partial charge in [-0.2, -0.15) is 5.10 Å². The summed E-state index contributed by atoms with van der Waals surface area (Å²) in [7, 11) is 3.44. The second-order valence-corrected chi connectivity index (χ2v) is 8.18. The van der Waals surface area contributed by atoms with Gasteiger partial charge in [-0.15, -0.1) is 11.3 Å². The Balaban J connectivity index is 1.59. The minimum absolute atomic E-state index is 0.00993. The van der Waals surface area contributed by atoms with Crippen LogP contribution in [0.4, 0.5) is 5.82 Å². The summed E-state index contributed by atoms with van der Waals surface area (Å²) >= 11 is 1.44. The monoisotopic (exact) mass is 427 g/mol. The lowest BCUT2D eigenvalue weighted by molar-refractivity contribution is -0.127. The van der Waals surface area contributed by atoms with Crippen molar-refractivity contribution in [2.24, 2.45) is 0 Å². The molecule has 0 saturated carbocycles. The topological polar surface area (TPSA) is 119 Å². The van der Waals surface area contributed by atoms with Crippen molar-refractivity contribution < 1.29 is 9.59 Å². The predicted octanol–water partition coefficient (Wildman–Crippen LogP) is 1.54. The highest BCUT2D eigenvalue weighted by molar-refractivity contribution is 7.09. The average Bonchev–Trinajstić information content (AvgIpc) is 3.30. The summed E-state index contributed by atoms with van der Waals surface area (Å²) < 4.78 is 1.66. The second kappa shape index (κ2) is 9.04. The van der Waals surface area contributed by atoms with Gasteiger partial charge >= 0.3 is 0 Å². The number of nitrogens with two attached hydrogens (primary N) is 1. The van der Waals surface area contributed by atoms with E-state index >= 15 is 0 Å². The maximum atomic E-state index is 12.5. The first kappa shape index (κ1) is 21.4. The van der Waals surface area contributed by atoms with Crippen LogP contribution in [0.15, 0.2) is 23.8 Å². The molecule has 10 heteroatoms. The summed E-state index contributed by atoms with van der Waals surface area (Å²) in [5.41, 5.74) is 9.76. The molecule has 0 aliphatic heterocycles. The standard InChI is InChI=1S/C20H25N7O2S/c1-12-5-17(21)24-13(2)16(12)8-22-20(29)14-7-23-27(9-14)10-15-11-30-18(25-15)6-19(28)26(3)4/h5,7,9,11H,6,8,10H2,1-4H3,(H2,21,24)(H,22,29). The van der Waals surface area contributed by atoms with E-state index in [0.717, 1.165) is 27.5 Å². The highest BCUT2D eigenvalue weighted by Gasteiger charge is 2.13. The van der Waals surface area contributed by atoms with Gasteiger partial charge in [0.2, 0.25) is 5.91 Å². The van der Waals surface area contributed by atoms with Gasteiger partial charge in [0.05, 0.1) is 30.4 Å². The molecule has 3 heterocycles. The number of carbonyl (C=O) groups is 2. The zero-order valence-corrected chi connectivity index (χ0v) is 18.3. The Labute approximate surface area is 178 Å². The normalized spacial score (nSPS) is 10.8. The molecular weight excluding hydrogens is 402 g/mol. The summed E-state index contributed by atoms with van der Waals surface area (Å²) in [5.74, 6) is 0.265. The Morgan fingerprint density at radius 2 is 2.03 bits per heavy atom. The first-order valence-corrected chi connectivity index (χ1v) is 10.3. The number of amides is 2. The number of aryl methyl sites for hydroxylation is 2. The molecular formula is C20H25N7O2S. The van der Waals surface area contributed by atoms with Crippen molar-refractivity contribution in [1.29, 1.82) is 0 Å². The number of likely N-dealkylation sites (N-methyl/N-ethyl adjacent to an activating group) is 1. The minimum atomic E-state index is -0.215. The van der Waals surface area contributed by atoms with Gasteiger partial charge in [0.1, 0.15) is 10.8 Å². The largest absolute Gasteiger partial charge is 0.384 e. The Morgan fingerprint density at radius 3 is 2.73 bits per heavy atom. The van der Waals surface area contributed by atoms with Crippen LogP contribution in [0.3, 0.4) is 0 Å². The number of thiazole rings is 1. The number of hydrogen-bond donors (Lipinski definition) is 2. The van der Waals surface area contributed by atoms with E-state index in [1.807, 2.05) is 19.2 Å². The smallest absolute Gasteiger partial charge is 0.254 e. The Morgan fingerprint density at radius 1 is 1.27 bits per heavy atom. The molecule has 2 amide bonds. The third-order valence-electron chi connectivity index (χ3n) is 4.62. The van der Waals surface area contributed by atoms with E-state index in [1.165, 1.54) is 17.5 Å². The molecule has 3 rings (SSSR count). The lowest BCUT2D eigenvalue weighted by atomic mass is 10.1. The molecule has 158 valence electrons. The van der Waals surface area contributed by atoms with Crippen LogP contribution in [0, 0.1) is 13.8 Å². The van der Waals surface area contributed by atoms with Gasteiger partial charge in [-0.05, 0) is 31.0 Å². The van der Waals surface area contributed by atoms with E-state index in [-0.39, 0.29) is 18.2 Å². The number of rotatable bonds is 7. The summed E-state index contributed by atoms with van der Waals surface area (Å²) in [6, 6.07) is 1.79. The van der Waals surface area contributed by atoms with Gasteiger partial charge in [0.25, 0.3) is 5.91 Å². The van der Waals surface area contributed by atoms with Crippen LogP contribution in [-0.2, 0) is 24.3 Å². The molecule has 3 aromatic heterocycles. The SMILES string of the molecule is Cc1cc(N)nc(C)c1CNC(=O)c1cnn(Cc2csc(CC(=O)N(C)C)n2)c1. The molecule has 0 spiro atoms. The van der Waals surface area contributed by atoms with Crippen LogP contribution in [-0.4, -0.2) is 50.6 Å². The summed E-state index contributed by atoms with van der Waals surface area (Å²) in [6.07, 6.45) is 3.49.